The molecule has 0 atom stereocenters. The van der Waals surface area contributed by atoms with Gasteiger partial charge in [0.1, 0.15) is 16.4 Å². The van der Waals surface area contributed by atoms with Gasteiger partial charge in [0.2, 0.25) is 0 Å². The number of rotatable bonds is 0. The van der Waals surface area contributed by atoms with E-state index in [1.807, 2.05) is 27.7 Å². The van der Waals surface area contributed by atoms with Crippen LogP contribution in [0.2, 0.25) is 0 Å². The predicted octanol–water partition coefficient (Wildman–Crippen LogP) is 3.04. The third kappa shape index (κ3) is 5.81. The molecule has 2 fully saturated rings. The van der Waals surface area contributed by atoms with Crippen molar-refractivity contribution in [3.8, 4) is 0 Å². The first kappa shape index (κ1) is 18.2. The van der Waals surface area contributed by atoms with Gasteiger partial charge in [0.15, 0.2) is 11.6 Å². The van der Waals surface area contributed by atoms with E-state index in [9.17, 15) is 19.2 Å². The van der Waals surface area contributed by atoms with Crippen molar-refractivity contribution in [3.63, 3.8) is 0 Å². The number of alkyl halides is 1. The third-order valence-corrected chi connectivity index (χ3v) is 4.64. The summed E-state index contributed by atoms with van der Waals surface area (Å²) in [5.74, 6) is 0.236. The Morgan fingerprint density at radius 2 is 1.10 bits per heavy atom. The molecule has 0 spiro atoms. The minimum absolute atomic E-state index is 0.0197. The molecule has 0 N–H and O–H groups in total. The van der Waals surface area contributed by atoms with Gasteiger partial charge in [-0.3, -0.25) is 19.2 Å². The Bertz CT molecular complexity index is 439. The number of hydrogen-bond acceptors (Lipinski definition) is 4. The Labute approximate surface area is 134 Å². The summed E-state index contributed by atoms with van der Waals surface area (Å²) in [5.41, 5.74) is -0.204. The number of carbonyl (C=O) groups is 4. The van der Waals surface area contributed by atoms with Crippen LogP contribution in [0.25, 0.3) is 0 Å². The Balaban J connectivity index is 0.000000211. The first-order valence-corrected chi connectivity index (χ1v) is 8.06. The van der Waals surface area contributed by atoms with Crippen LogP contribution in [0.15, 0.2) is 0 Å². The van der Waals surface area contributed by atoms with Crippen LogP contribution in [-0.4, -0.2) is 28.0 Å². The lowest BCUT2D eigenvalue weighted by molar-refractivity contribution is -0.134. The molecule has 0 aromatic heterocycles. The molecular weight excluding hydrogens is 336 g/mol. The van der Waals surface area contributed by atoms with Crippen LogP contribution in [0.5, 0.6) is 0 Å². The Morgan fingerprint density at radius 1 is 0.762 bits per heavy atom. The third-order valence-electron chi connectivity index (χ3n) is 3.62. The van der Waals surface area contributed by atoms with E-state index in [1.54, 1.807) is 0 Å². The van der Waals surface area contributed by atoms with Crippen molar-refractivity contribution in [3.05, 3.63) is 0 Å². The van der Waals surface area contributed by atoms with Crippen LogP contribution < -0.4 is 0 Å². The average molecular weight is 359 g/mol. The number of Topliss-reactive ketones (excluding diaryl/α,β-unsaturated/α-hetero) is 4. The van der Waals surface area contributed by atoms with Gasteiger partial charge in [-0.05, 0) is 10.8 Å². The highest BCUT2D eigenvalue weighted by molar-refractivity contribution is 9.10. The molecule has 0 saturated heterocycles. The van der Waals surface area contributed by atoms with Crippen molar-refractivity contribution in [1.82, 2.24) is 0 Å². The van der Waals surface area contributed by atoms with Gasteiger partial charge >= 0.3 is 0 Å². The standard InChI is InChI=1S/C8H11BrO2.C8H12O2/c1-8(2)3-5(10)7(9)6(11)4-8;1-8(2)4-6(9)3-7(10)5-8/h7H,3-4H2,1-2H3;3-5H2,1-2H3. The van der Waals surface area contributed by atoms with E-state index in [2.05, 4.69) is 15.9 Å². The van der Waals surface area contributed by atoms with Gasteiger partial charge in [-0.15, -0.1) is 0 Å². The molecule has 0 bridgehead atoms. The summed E-state index contributed by atoms with van der Waals surface area (Å²) < 4.78 is 0. The zero-order valence-corrected chi connectivity index (χ0v) is 14.7. The Morgan fingerprint density at radius 3 is 1.43 bits per heavy atom. The molecule has 0 heterocycles. The van der Waals surface area contributed by atoms with Crippen molar-refractivity contribution in [2.45, 2.75) is 64.6 Å². The summed E-state index contributed by atoms with van der Waals surface area (Å²) in [6.45, 7) is 7.81. The fraction of sp³-hybridized carbons (Fsp3) is 0.750. The van der Waals surface area contributed by atoms with Crippen molar-refractivity contribution in [2.24, 2.45) is 10.8 Å². The van der Waals surface area contributed by atoms with Crippen LogP contribution >= 0.6 is 15.9 Å². The summed E-state index contributed by atoms with van der Waals surface area (Å²) in [6.07, 6.45) is 2.32. The van der Waals surface area contributed by atoms with Crippen molar-refractivity contribution in [1.29, 1.82) is 0 Å². The maximum absolute atomic E-state index is 11.2. The van der Waals surface area contributed by atoms with Crippen LogP contribution in [-0.2, 0) is 19.2 Å². The van der Waals surface area contributed by atoms with E-state index in [0.717, 1.165) is 0 Å². The van der Waals surface area contributed by atoms with Gasteiger partial charge in [0.05, 0.1) is 6.42 Å². The van der Waals surface area contributed by atoms with E-state index in [0.29, 0.717) is 25.7 Å². The van der Waals surface area contributed by atoms with Gasteiger partial charge in [-0.1, -0.05) is 43.6 Å². The zero-order chi connectivity index (χ0) is 16.4. The quantitative estimate of drug-likeness (QED) is 0.492. The molecule has 21 heavy (non-hydrogen) atoms. The average Bonchev–Trinajstić information content (AvgIpc) is 2.21. The van der Waals surface area contributed by atoms with Gasteiger partial charge in [0, 0.05) is 25.7 Å². The topological polar surface area (TPSA) is 68.3 Å². The predicted molar refractivity (Wildman–Crippen MR) is 83.4 cm³/mol. The molecule has 2 aliphatic carbocycles. The fourth-order valence-corrected chi connectivity index (χ4v) is 3.16. The van der Waals surface area contributed by atoms with Crippen LogP contribution in [0.1, 0.15) is 59.8 Å². The molecule has 0 aromatic rings. The highest BCUT2D eigenvalue weighted by atomic mass is 79.9. The number of hydrogen-bond donors (Lipinski definition) is 0. The SMILES string of the molecule is CC1(C)CC(=O)C(Br)C(=O)C1.CC1(C)CC(=O)CC(=O)C1. The summed E-state index contributed by atoms with van der Waals surface area (Å²) in [7, 11) is 0. The highest BCUT2D eigenvalue weighted by Crippen LogP contribution is 2.33. The molecule has 2 saturated carbocycles. The largest absolute Gasteiger partial charge is 0.299 e. The molecule has 0 radical (unpaired) electrons. The van der Waals surface area contributed by atoms with Gasteiger partial charge in [0.25, 0.3) is 0 Å². The second-order valence-electron chi connectivity index (χ2n) is 7.58. The maximum Gasteiger partial charge on any atom is 0.154 e. The Kier molecular flexibility index (Phi) is 5.64. The monoisotopic (exact) mass is 358 g/mol. The number of ketones is 4. The molecule has 0 unspecified atom stereocenters. The molecule has 118 valence electrons. The number of carbonyl (C=O) groups excluding carboxylic acids is 4. The lowest BCUT2D eigenvalue weighted by Gasteiger charge is -2.29. The molecule has 0 amide bonds. The molecule has 2 aliphatic rings. The lowest BCUT2D eigenvalue weighted by atomic mass is 9.76. The number of halogens is 1. The Hall–Kier alpha value is -0.840. The van der Waals surface area contributed by atoms with Crippen LogP contribution in [0.3, 0.4) is 0 Å². The van der Waals surface area contributed by atoms with E-state index >= 15 is 0 Å². The normalized spacial score (nSPS) is 25.4. The summed E-state index contributed by atoms with van der Waals surface area (Å²) in [6, 6.07) is 0. The molecule has 2 rings (SSSR count). The minimum atomic E-state index is -0.532. The zero-order valence-electron chi connectivity index (χ0n) is 13.1. The first-order valence-electron chi connectivity index (χ1n) is 7.15. The van der Waals surface area contributed by atoms with Crippen molar-refractivity contribution < 1.29 is 19.2 Å². The van der Waals surface area contributed by atoms with E-state index in [1.165, 1.54) is 0 Å². The van der Waals surface area contributed by atoms with E-state index in [4.69, 9.17) is 0 Å². The first-order chi connectivity index (χ1) is 9.42. The van der Waals surface area contributed by atoms with E-state index < -0.39 is 4.83 Å². The minimum Gasteiger partial charge on any atom is -0.299 e. The van der Waals surface area contributed by atoms with Gasteiger partial charge < -0.3 is 0 Å². The maximum atomic E-state index is 11.2. The van der Waals surface area contributed by atoms with Crippen molar-refractivity contribution in [2.75, 3.05) is 0 Å². The molecule has 0 aromatic carbocycles. The smallest absolute Gasteiger partial charge is 0.154 e. The fourth-order valence-electron chi connectivity index (χ4n) is 2.84. The van der Waals surface area contributed by atoms with Gasteiger partial charge in [-0.25, -0.2) is 0 Å². The molecule has 0 aliphatic heterocycles. The van der Waals surface area contributed by atoms with Crippen molar-refractivity contribution >= 4 is 39.1 Å². The highest BCUT2D eigenvalue weighted by Gasteiger charge is 2.37. The lowest BCUT2D eigenvalue weighted by Crippen LogP contribution is -2.37. The summed E-state index contributed by atoms with van der Waals surface area (Å²) in [5, 5.41) is 0. The molecule has 4 nitrogen and oxygen atoms in total. The van der Waals surface area contributed by atoms with Crippen LogP contribution in [0, 0.1) is 10.8 Å². The second kappa shape index (κ2) is 6.51. The van der Waals surface area contributed by atoms with Gasteiger partial charge in [-0.2, -0.15) is 0 Å². The van der Waals surface area contributed by atoms with Crippen LogP contribution in [0.4, 0.5) is 0 Å². The molecule has 5 heteroatoms. The summed E-state index contributed by atoms with van der Waals surface area (Å²) in [4.78, 5) is 43.5. The second-order valence-corrected chi connectivity index (χ2v) is 8.50. The van der Waals surface area contributed by atoms with E-state index in [-0.39, 0.29) is 40.4 Å². The summed E-state index contributed by atoms with van der Waals surface area (Å²) >= 11 is 3.07. The molecular formula is C16H23BrO4.